The molecule has 0 aromatic heterocycles. The fourth-order valence-corrected chi connectivity index (χ4v) is 3.87. The van der Waals surface area contributed by atoms with Gasteiger partial charge in [-0.3, -0.25) is 0 Å². The van der Waals surface area contributed by atoms with Crippen molar-refractivity contribution in [3.8, 4) is 0 Å². The van der Waals surface area contributed by atoms with Crippen molar-refractivity contribution < 1.29 is 14.3 Å². The minimum atomic E-state index is -1.95. The standard InChI is InChI=1S/C20H40O3Si/c1-12-17(22-9)19(23-24(10,11)20(6,7)8)16(5)13-15(4)18(21)14(2)3/h12-14,16-19,21H,1H2,2-11H3/t16?,17-,18-,19-/m0/s1. The summed E-state index contributed by atoms with van der Waals surface area (Å²) >= 11 is 0. The van der Waals surface area contributed by atoms with E-state index in [4.69, 9.17) is 9.16 Å². The van der Waals surface area contributed by atoms with E-state index in [1.165, 1.54) is 0 Å². The van der Waals surface area contributed by atoms with Crippen LogP contribution < -0.4 is 0 Å². The molecule has 0 aliphatic carbocycles. The van der Waals surface area contributed by atoms with E-state index in [2.05, 4.69) is 53.4 Å². The maximum absolute atomic E-state index is 10.3. The summed E-state index contributed by atoms with van der Waals surface area (Å²) in [5.74, 6) is 0.321. The monoisotopic (exact) mass is 356 g/mol. The first-order valence-electron chi connectivity index (χ1n) is 8.98. The van der Waals surface area contributed by atoms with Gasteiger partial charge in [0.15, 0.2) is 8.32 Å². The van der Waals surface area contributed by atoms with Crippen LogP contribution in [0.3, 0.4) is 0 Å². The summed E-state index contributed by atoms with van der Waals surface area (Å²) in [7, 11) is -0.251. The van der Waals surface area contributed by atoms with Gasteiger partial charge in [-0.2, -0.15) is 0 Å². The molecule has 0 aliphatic heterocycles. The summed E-state index contributed by atoms with van der Waals surface area (Å²) in [5, 5.41) is 10.4. The van der Waals surface area contributed by atoms with Gasteiger partial charge in [0.1, 0.15) is 6.10 Å². The van der Waals surface area contributed by atoms with Crippen molar-refractivity contribution in [3.63, 3.8) is 0 Å². The topological polar surface area (TPSA) is 38.7 Å². The number of aliphatic hydroxyl groups excluding tert-OH is 1. The molecule has 0 bridgehead atoms. The lowest BCUT2D eigenvalue weighted by Gasteiger charge is -2.42. The first-order valence-corrected chi connectivity index (χ1v) is 11.9. The second-order valence-corrected chi connectivity index (χ2v) is 13.5. The van der Waals surface area contributed by atoms with Gasteiger partial charge in [0.05, 0.1) is 12.2 Å². The van der Waals surface area contributed by atoms with Crippen molar-refractivity contribution >= 4 is 8.32 Å². The Morgan fingerprint density at radius 1 is 1.17 bits per heavy atom. The zero-order chi connectivity index (χ0) is 19.3. The molecule has 1 unspecified atom stereocenters. The molecule has 4 heteroatoms. The van der Waals surface area contributed by atoms with E-state index in [0.29, 0.717) is 0 Å². The van der Waals surface area contributed by atoms with Gasteiger partial charge in [-0.05, 0) is 36.5 Å². The molecule has 0 spiro atoms. The van der Waals surface area contributed by atoms with Crippen LogP contribution in [0.5, 0.6) is 0 Å². The molecule has 24 heavy (non-hydrogen) atoms. The molecular formula is C20H40O3Si. The Kier molecular flexibility index (Phi) is 9.16. The van der Waals surface area contributed by atoms with Crippen LogP contribution in [0, 0.1) is 11.8 Å². The molecule has 4 atom stereocenters. The maximum atomic E-state index is 10.3. The predicted octanol–water partition coefficient (Wildman–Crippen LogP) is 5.18. The summed E-state index contributed by atoms with van der Waals surface area (Å²) in [6.07, 6.45) is 3.23. The minimum absolute atomic E-state index is 0.109. The van der Waals surface area contributed by atoms with Crippen molar-refractivity contribution in [2.45, 2.75) is 84.9 Å². The van der Waals surface area contributed by atoms with Crippen molar-refractivity contribution in [2.24, 2.45) is 11.8 Å². The van der Waals surface area contributed by atoms with Crippen LogP contribution in [-0.4, -0.2) is 38.8 Å². The van der Waals surface area contributed by atoms with Gasteiger partial charge in [0.2, 0.25) is 0 Å². The Morgan fingerprint density at radius 2 is 1.67 bits per heavy atom. The molecule has 0 saturated carbocycles. The zero-order valence-corrected chi connectivity index (χ0v) is 18.5. The van der Waals surface area contributed by atoms with Gasteiger partial charge >= 0.3 is 0 Å². The lowest BCUT2D eigenvalue weighted by Crippen LogP contribution is -2.49. The van der Waals surface area contributed by atoms with Gasteiger partial charge in [-0.25, -0.2) is 0 Å². The second kappa shape index (κ2) is 9.32. The van der Waals surface area contributed by atoms with E-state index in [1.807, 2.05) is 26.8 Å². The van der Waals surface area contributed by atoms with Gasteiger partial charge in [-0.15, -0.1) is 6.58 Å². The number of hydrogen-bond acceptors (Lipinski definition) is 3. The van der Waals surface area contributed by atoms with Crippen molar-refractivity contribution in [3.05, 3.63) is 24.3 Å². The van der Waals surface area contributed by atoms with E-state index in [0.717, 1.165) is 5.57 Å². The number of methoxy groups -OCH3 is 1. The molecule has 0 aromatic carbocycles. The molecule has 0 saturated heterocycles. The fourth-order valence-electron chi connectivity index (χ4n) is 2.49. The summed E-state index contributed by atoms with van der Waals surface area (Å²) in [4.78, 5) is 0. The second-order valence-electron chi connectivity index (χ2n) is 8.74. The highest BCUT2D eigenvalue weighted by Crippen LogP contribution is 2.39. The number of hydrogen-bond donors (Lipinski definition) is 1. The molecule has 0 radical (unpaired) electrons. The fraction of sp³-hybridized carbons (Fsp3) is 0.800. The number of rotatable bonds is 9. The Balaban J connectivity index is 5.58. The molecule has 0 aliphatic rings. The Labute approximate surface area is 151 Å². The van der Waals surface area contributed by atoms with Crippen LogP contribution in [0.15, 0.2) is 24.3 Å². The third-order valence-corrected chi connectivity index (χ3v) is 9.68. The minimum Gasteiger partial charge on any atom is -0.410 e. The Hall–Kier alpha value is -0.423. The van der Waals surface area contributed by atoms with Crippen molar-refractivity contribution in [1.82, 2.24) is 0 Å². The van der Waals surface area contributed by atoms with Crippen LogP contribution in [0.1, 0.15) is 48.5 Å². The Bertz CT molecular complexity index is 421. The average molecular weight is 357 g/mol. The lowest BCUT2D eigenvalue weighted by atomic mass is 9.93. The maximum Gasteiger partial charge on any atom is 0.192 e. The largest absolute Gasteiger partial charge is 0.410 e. The molecule has 142 valence electrons. The molecule has 0 fully saturated rings. The summed E-state index contributed by atoms with van der Waals surface area (Å²) in [6.45, 7) is 23.3. The van der Waals surface area contributed by atoms with Gasteiger partial charge in [0, 0.05) is 13.0 Å². The first-order chi connectivity index (χ1) is 10.8. The van der Waals surface area contributed by atoms with Gasteiger partial charge in [-0.1, -0.05) is 53.7 Å². The van der Waals surface area contributed by atoms with Gasteiger partial charge in [0.25, 0.3) is 0 Å². The molecular weight excluding hydrogens is 316 g/mol. The van der Waals surface area contributed by atoms with E-state index in [-0.39, 0.29) is 29.1 Å². The van der Waals surface area contributed by atoms with Crippen LogP contribution >= 0.6 is 0 Å². The van der Waals surface area contributed by atoms with Crippen LogP contribution in [0.4, 0.5) is 0 Å². The number of aliphatic hydroxyl groups is 1. The summed E-state index contributed by atoms with van der Waals surface area (Å²) in [5.41, 5.74) is 0.986. The van der Waals surface area contributed by atoms with E-state index in [1.54, 1.807) is 7.11 Å². The summed E-state index contributed by atoms with van der Waals surface area (Å²) in [6, 6.07) is 0. The first kappa shape index (κ1) is 23.6. The third-order valence-electron chi connectivity index (χ3n) is 5.21. The van der Waals surface area contributed by atoms with Crippen molar-refractivity contribution in [1.29, 1.82) is 0 Å². The van der Waals surface area contributed by atoms with Gasteiger partial charge < -0.3 is 14.3 Å². The number of ether oxygens (including phenoxy) is 1. The molecule has 1 N–H and O–H groups in total. The van der Waals surface area contributed by atoms with Crippen LogP contribution in [0.2, 0.25) is 18.1 Å². The molecule has 3 nitrogen and oxygen atoms in total. The summed E-state index contributed by atoms with van der Waals surface area (Å²) < 4.78 is 12.3. The molecule has 0 rings (SSSR count). The average Bonchev–Trinajstić information content (AvgIpc) is 2.44. The van der Waals surface area contributed by atoms with Crippen molar-refractivity contribution in [2.75, 3.05) is 7.11 Å². The predicted molar refractivity (Wildman–Crippen MR) is 107 cm³/mol. The highest BCUT2D eigenvalue weighted by atomic mass is 28.4. The van der Waals surface area contributed by atoms with Crippen LogP contribution in [0.25, 0.3) is 0 Å². The highest BCUT2D eigenvalue weighted by molar-refractivity contribution is 6.74. The van der Waals surface area contributed by atoms with E-state index < -0.39 is 14.4 Å². The molecule has 0 heterocycles. The normalized spacial score (nSPS) is 19.1. The highest BCUT2D eigenvalue weighted by Gasteiger charge is 2.41. The lowest BCUT2D eigenvalue weighted by molar-refractivity contribution is 0.00566. The quantitative estimate of drug-likeness (QED) is 0.457. The molecule has 0 aromatic rings. The van der Waals surface area contributed by atoms with E-state index in [9.17, 15) is 5.11 Å². The third kappa shape index (κ3) is 6.47. The van der Waals surface area contributed by atoms with E-state index >= 15 is 0 Å². The zero-order valence-electron chi connectivity index (χ0n) is 17.5. The molecule has 0 amide bonds. The van der Waals surface area contributed by atoms with Crippen LogP contribution in [-0.2, 0) is 9.16 Å². The SMILES string of the molecule is C=C[C@H](OC)[C@@H](O[Si](C)(C)C(C)(C)C)C(C)C=C(C)[C@@H](O)C(C)C. The Morgan fingerprint density at radius 3 is 2.00 bits per heavy atom. The smallest absolute Gasteiger partial charge is 0.192 e.